The molecule has 6 rings (SSSR count). The quantitative estimate of drug-likeness (QED) is 0.0488. The van der Waals surface area contributed by atoms with Crippen molar-refractivity contribution in [1.82, 2.24) is 15.2 Å². The molecular weight excluding hydrogens is 788 g/mol. The van der Waals surface area contributed by atoms with E-state index in [9.17, 15) is 24.9 Å². The van der Waals surface area contributed by atoms with Crippen molar-refractivity contribution in [3.63, 3.8) is 0 Å². The summed E-state index contributed by atoms with van der Waals surface area (Å²) in [7, 11) is 3.71. The summed E-state index contributed by atoms with van der Waals surface area (Å²) in [5.41, 5.74) is -0.461. The minimum atomic E-state index is -1.78. The zero-order valence-corrected chi connectivity index (χ0v) is 33.5. The van der Waals surface area contributed by atoms with Crippen molar-refractivity contribution >= 4 is 51.1 Å². The van der Waals surface area contributed by atoms with E-state index in [0.717, 1.165) is 50.6 Å². The van der Waals surface area contributed by atoms with Crippen LogP contribution in [-0.4, -0.2) is 77.2 Å². The number of ether oxygens (including phenoxy) is 3. The third-order valence-corrected chi connectivity index (χ3v) is 12.3. The van der Waals surface area contributed by atoms with Gasteiger partial charge in [0.25, 0.3) is 0 Å². The van der Waals surface area contributed by atoms with Gasteiger partial charge in [-0.1, -0.05) is 29.8 Å². The normalized spacial score (nSPS) is 16.2. The number of phenols is 1. The second kappa shape index (κ2) is 20.4. The van der Waals surface area contributed by atoms with E-state index in [1.54, 1.807) is 43.5 Å². The van der Waals surface area contributed by atoms with Crippen molar-refractivity contribution in [2.75, 3.05) is 33.9 Å². The lowest BCUT2D eigenvalue weighted by atomic mass is 9.91. The number of nitrogens with one attached hydrogen (secondary N) is 2. The maximum atomic E-state index is 13.4. The second-order valence-electron chi connectivity index (χ2n) is 13.6. The minimum Gasteiger partial charge on any atom is -0.506 e. The number of nitrogens with zero attached hydrogens (tertiary/aromatic N) is 1. The highest BCUT2D eigenvalue weighted by Crippen LogP contribution is 2.38. The van der Waals surface area contributed by atoms with Crippen LogP contribution in [0.3, 0.4) is 0 Å². The number of phenolic OH excluding ortho intramolecular Hbond substituents is 1. The van der Waals surface area contributed by atoms with Crippen LogP contribution >= 0.6 is 34.3 Å². The Labute approximate surface area is 336 Å². The van der Waals surface area contributed by atoms with Crippen molar-refractivity contribution < 1.29 is 43.7 Å². The summed E-state index contributed by atoms with van der Waals surface area (Å²) in [6.45, 7) is 1.97. The van der Waals surface area contributed by atoms with Gasteiger partial charge in [-0.3, -0.25) is 14.2 Å². The Bertz CT molecular complexity index is 2030. The number of carbonyl (C=O) groups excluding carboxylic acids is 1. The van der Waals surface area contributed by atoms with Crippen LogP contribution in [0.5, 0.6) is 17.2 Å². The number of benzene rings is 2. The van der Waals surface area contributed by atoms with Gasteiger partial charge in [0, 0.05) is 42.2 Å². The lowest BCUT2D eigenvalue weighted by Gasteiger charge is -2.35. The Kier molecular flexibility index (Phi) is 16.2. The Hall–Kier alpha value is -4.09. The number of rotatable bonds is 17. The third kappa shape index (κ3) is 10.3. The molecule has 0 radical (unpaired) electrons. The fourth-order valence-corrected chi connectivity index (χ4v) is 8.93. The highest BCUT2D eigenvalue weighted by atomic mass is 35.5. The van der Waals surface area contributed by atoms with E-state index in [-0.39, 0.29) is 38.9 Å². The number of H-pyrrole nitrogens is 1. The third-order valence-electron chi connectivity index (χ3n) is 10.0. The van der Waals surface area contributed by atoms with Crippen LogP contribution in [0.2, 0.25) is 5.02 Å². The molecule has 1 fully saturated rings. The molecule has 0 unspecified atom stereocenters. The van der Waals surface area contributed by atoms with Crippen molar-refractivity contribution in [3.8, 4) is 17.2 Å². The highest BCUT2D eigenvalue weighted by Gasteiger charge is 2.45. The number of carbonyl (C=O) groups is 1. The van der Waals surface area contributed by atoms with Crippen LogP contribution in [-0.2, 0) is 21.7 Å². The molecule has 1 atom stereocenters. The number of esters is 1. The maximum absolute atomic E-state index is 13.4. The van der Waals surface area contributed by atoms with Gasteiger partial charge >= 0.3 is 5.97 Å². The smallest absolute Gasteiger partial charge is 0.349 e. The first kappa shape index (κ1) is 44.6. The van der Waals surface area contributed by atoms with Crippen molar-refractivity contribution in [1.29, 1.82) is 0 Å². The number of hydrogen-bond acceptors (Lipinski definition) is 12. The summed E-state index contributed by atoms with van der Waals surface area (Å²) in [5.74, 6) is 0.471. The lowest BCUT2D eigenvalue weighted by Crippen LogP contribution is -2.42. The molecule has 0 saturated heterocycles. The standard InChI is InChI=1S/C40H46ClN3O8S2.2FH/c1-44(26-9-11-27(12-10-26)52-39(48)40(49,35-7-5-19-53-35)36-8-6-20-54-36)17-3-4-18-51-34-22-33(50-2)25(21-30(34)41)23-42-24-32(46)28-13-15-31(45)38-29(28)14-16-37(47)43-38;;/h5-8,13-16,19-22,26-27,32,42,45-46,49H,3-4,9-12,17-18,23-24H2,1-2H3,(H,43,47);2*1H/t26?,27?,32-;;/m0../s1. The topological polar surface area (TPSA) is 154 Å². The Morgan fingerprint density at radius 1 is 1.02 bits per heavy atom. The summed E-state index contributed by atoms with van der Waals surface area (Å²) in [4.78, 5) is 31.2. The number of halogens is 3. The summed E-state index contributed by atoms with van der Waals surface area (Å²) in [5, 5.41) is 40.6. The van der Waals surface area contributed by atoms with Crippen molar-refractivity contribution in [2.45, 2.75) is 68.9 Å². The molecular formula is C40H48ClF2N3O8S2. The molecule has 3 aromatic heterocycles. The van der Waals surface area contributed by atoms with E-state index >= 15 is 0 Å². The number of aromatic hydroxyl groups is 1. The number of aliphatic hydroxyl groups excluding tert-OH is 1. The first-order valence-electron chi connectivity index (χ1n) is 18.0. The van der Waals surface area contributed by atoms with Gasteiger partial charge in [-0.2, -0.15) is 0 Å². The molecule has 3 heterocycles. The van der Waals surface area contributed by atoms with Crippen LogP contribution in [0, 0.1) is 0 Å². The van der Waals surface area contributed by atoms with Crippen LogP contribution in [0.4, 0.5) is 9.41 Å². The molecule has 11 nitrogen and oxygen atoms in total. The summed E-state index contributed by atoms with van der Waals surface area (Å²) >= 11 is 9.30. The molecule has 304 valence electrons. The fraction of sp³-hybridized carbons (Fsp3) is 0.400. The van der Waals surface area contributed by atoms with Gasteiger partial charge in [0.1, 0.15) is 23.4 Å². The lowest BCUT2D eigenvalue weighted by molar-refractivity contribution is -0.169. The molecule has 16 heteroatoms. The molecule has 1 aliphatic carbocycles. The van der Waals surface area contributed by atoms with E-state index in [1.165, 1.54) is 34.8 Å². The van der Waals surface area contributed by atoms with E-state index in [4.69, 9.17) is 25.8 Å². The van der Waals surface area contributed by atoms with Crippen molar-refractivity contribution in [2.24, 2.45) is 0 Å². The van der Waals surface area contributed by atoms with Gasteiger partial charge in [-0.25, -0.2) is 4.79 Å². The minimum absolute atomic E-state index is 0. The summed E-state index contributed by atoms with van der Waals surface area (Å²) < 4.78 is 17.6. The number of pyridine rings is 1. The van der Waals surface area contributed by atoms with Gasteiger partial charge in [0.2, 0.25) is 11.2 Å². The zero-order chi connectivity index (χ0) is 38.2. The van der Waals surface area contributed by atoms with E-state index in [2.05, 4.69) is 22.2 Å². The average Bonchev–Trinajstić information content (AvgIpc) is 3.92. The number of unbranched alkanes of at least 4 members (excludes halogenated alkanes) is 1. The molecule has 5 aromatic rings. The molecule has 1 aliphatic rings. The maximum Gasteiger partial charge on any atom is 0.349 e. The molecule has 2 aromatic carbocycles. The second-order valence-corrected chi connectivity index (χ2v) is 15.9. The monoisotopic (exact) mass is 835 g/mol. The number of methoxy groups -OCH3 is 1. The zero-order valence-electron chi connectivity index (χ0n) is 31.1. The molecule has 0 spiro atoms. The van der Waals surface area contributed by atoms with Crippen LogP contribution < -0.4 is 20.3 Å². The van der Waals surface area contributed by atoms with Gasteiger partial charge in [0.05, 0.1) is 40.1 Å². The van der Waals surface area contributed by atoms with Gasteiger partial charge in [0.15, 0.2) is 0 Å². The molecule has 0 amide bonds. The van der Waals surface area contributed by atoms with E-state index in [0.29, 0.717) is 56.4 Å². The Morgan fingerprint density at radius 2 is 1.71 bits per heavy atom. The Morgan fingerprint density at radius 3 is 2.36 bits per heavy atom. The molecule has 56 heavy (non-hydrogen) atoms. The largest absolute Gasteiger partial charge is 0.506 e. The number of thiophene rings is 2. The number of aromatic nitrogens is 1. The number of aromatic amines is 1. The Balaban J connectivity index is 0.00000348. The fourth-order valence-electron chi connectivity index (χ4n) is 6.98. The predicted octanol–water partition coefficient (Wildman–Crippen LogP) is 7.03. The van der Waals surface area contributed by atoms with Crippen LogP contribution in [0.25, 0.3) is 10.9 Å². The predicted molar refractivity (Wildman–Crippen MR) is 217 cm³/mol. The molecule has 5 N–H and O–H groups in total. The van der Waals surface area contributed by atoms with E-state index < -0.39 is 17.7 Å². The first-order valence-corrected chi connectivity index (χ1v) is 20.2. The van der Waals surface area contributed by atoms with Gasteiger partial charge < -0.3 is 44.7 Å². The van der Waals surface area contributed by atoms with Gasteiger partial charge in [-0.15, -0.1) is 22.7 Å². The number of aliphatic hydroxyl groups is 2. The highest BCUT2D eigenvalue weighted by molar-refractivity contribution is 7.12. The number of hydrogen-bond donors (Lipinski definition) is 5. The van der Waals surface area contributed by atoms with E-state index in [1.807, 2.05) is 22.9 Å². The summed E-state index contributed by atoms with van der Waals surface area (Å²) in [6, 6.07) is 17.2. The summed E-state index contributed by atoms with van der Waals surface area (Å²) in [6.07, 6.45) is 3.96. The van der Waals surface area contributed by atoms with Crippen molar-refractivity contribution in [3.05, 3.63) is 108 Å². The number of fused-ring (bicyclic) bond motifs is 1. The average molecular weight is 836 g/mol. The van der Waals surface area contributed by atoms with Crippen LogP contribution in [0.15, 0.2) is 76.2 Å². The van der Waals surface area contributed by atoms with Crippen LogP contribution in [0.1, 0.15) is 65.5 Å². The van der Waals surface area contributed by atoms with Gasteiger partial charge in [-0.05, 0) is 98.8 Å². The molecule has 0 aliphatic heterocycles. The SMILES string of the molecule is COc1cc(OCCCCN(C)C2CCC(OC(=O)C(O)(c3cccs3)c3cccs3)CC2)c(Cl)cc1CNC[C@H](O)c1ccc(O)c2[nH]c(=O)ccc12.F.F. The molecule has 1 saturated carbocycles. The molecule has 0 bridgehead atoms. The first-order chi connectivity index (χ1) is 26.1.